The molecule has 3 heteroatoms. The lowest BCUT2D eigenvalue weighted by atomic mass is 10.2. The van der Waals surface area contributed by atoms with Crippen molar-refractivity contribution in [3.05, 3.63) is 71.9 Å². The normalized spacial score (nSPS) is 10.8. The van der Waals surface area contributed by atoms with Gasteiger partial charge in [-0.15, -0.1) is 11.8 Å². The first-order valence-corrected chi connectivity index (χ1v) is 7.60. The van der Waals surface area contributed by atoms with Gasteiger partial charge >= 0.3 is 0 Å². The summed E-state index contributed by atoms with van der Waals surface area (Å²) in [6.07, 6.45) is 0. The minimum absolute atomic E-state index is 0.594. The highest BCUT2D eigenvalue weighted by Gasteiger charge is 2.00. The van der Waals surface area contributed by atoms with Crippen LogP contribution in [0, 0.1) is 0 Å². The lowest BCUT2D eigenvalue weighted by molar-refractivity contribution is 1.07. The van der Waals surface area contributed by atoms with Gasteiger partial charge in [0.2, 0.25) is 0 Å². The number of benzene rings is 2. The van der Waals surface area contributed by atoms with Crippen LogP contribution in [-0.2, 0) is 12.3 Å². The minimum atomic E-state index is 0.594. The van der Waals surface area contributed by atoms with E-state index >= 15 is 0 Å². The van der Waals surface area contributed by atoms with Crippen LogP contribution in [0.1, 0.15) is 11.3 Å². The average Bonchev–Trinajstić information content (AvgIpc) is 2.53. The van der Waals surface area contributed by atoms with Crippen molar-refractivity contribution >= 4 is 22.7 Å². The Morgan fingerprint density at radius 3 is 2.50 bits per heavy atom. The van der Waals surface area contributed by atoms with Crippen LogP contribution >= 0.6 is 11.8 Å². The lowest BCUT2D eigenvalue weighted by Crippen LogP contribution is -1.95. The molecule has 3 aromatic rings. The molecule has 0 aliphatic rings. The van der Waals surface area contributed by atoms with Gasteiger partial charge in [0.15, 0.2) is 0 Å². The van der Waals surface area contributed by atoms with Crippen LogP contribution in [0.5, 0.6) is 0 Å². The molecule has 0 aliphatic heterocycles. The Kier molecular flexibility index (Phi) is 4.00. The zero-order valence-corrected chi connectivity index (χ0v) is 11.9. The van der Waals surface area contributed by atoms with Crippen molar-refractivity contribution in [3.63, 3.8) is 0 Å². The molecule has 0 aliphatic carbocycles. The summed E-state index contributed by atoms with van der Waals surface area (Å²) in [6.45, 7) is 0.594. The van der Waals surface area contributed by atoms with E-state index in [1.807, 2.05) is 12.1 Å². The fourth-order valence-electron chi connectivity index (χ4n) is 2.07. The molecule has 0 unspecified atom stereocenters. The predicted molar refractivity (Wildman–Crippen MR) is 85.6 cm³/mol. The third-order valence-corrected chi connectivity index (χ3v) is 4.25. The summed E-state index contributed by atoms with van der Waals surface area (Å²) in [4.78, 5) is 5.93. The number of hydrogen-bond donors (Lipinski definition) is 1. The van der Waals surface area contributed by atoms with Crippen molar-refractivity contribution in [1.29, 1.82) is 0 Å². The van der Waals surface area contributed by atoms with E-state index in [2.05, 4.69) is 53.5 Å². The maximum Gasteiger partial charge on any atom is 0.0705 e. The first-order chi connectivity index (χ1) is 9.85. The lowest BCUT2D eigenvalue weighted by Gasteiger charge is -2.04. The third kappa shape index (κ3) is 3.00. The van der Waals surface area contributed by atoms with E-state index in [-0.39, 0.29) is 0 Å². The Morgan fingerprint density at radius 2 is 1.70 bits per heavy atom. The van der Waals surface area contributed by atoms with E-state index in [0.717, 1.165) is 22.5 Å². The fourth-order valence-corrected chi connectivity index (χ4v) is 2.87. The monoisotopic (exact) mass is 280 g/mol. The second-order valence-electron chi connectivity index (χ2n) is 4.63. The van der Waals surface area contributed by atoms with E-state index in [9.17, 15) is 0 Å². The molecule has 0 radical (unpaired) electrons. The first kappa shape index (κ1) is 13.2. The fraction of sp³-hybridized carbons (Fsp3) is 0.118. The number of aromatic nitrogens is 1. The number of para-hydroxylation sites is 1. The molecule has 0 spiro atoms. The Balaban J connectivity index is 1.72. The SMILES string of the molecule is NCc1ccc(SCc2ccc3ccccc3n2)cc1. The number of nitrogens with zero attached hydrogens (tertiary/aromatic N) is 1. The first-order valence-electron chi connectivity index (χ1n) is 6.61. The summed E-state index contributed by atoms with van der Waals surface area (Å²) < 4.78 is 0. The largest absolute Gasteiger partial charge is 0.326 e. The summed E-state index contributed by atoms with van der Waals surface area (Å²) in [6, 6.07) is 20.8. The molecule has 0 fully saturated rings. The van der Waals surface area contributed by atoms with Crippen molar-refractivity contribution in [2.24, 2.45) is 5.73 Å². The van der Waals surface area contributed by atoms with E-state index in [1.165, 1.54) is 10.3 Å². The maximum atomic E-state index is 5.60. The highest BCUT2D eigenvalue weighted by atomic mass is 32.2. The van der Waals surface area contributed by atoms with Crippen LogP contribution in [0.4, 0.5) is 0 Å². The number of rotatable bonds is 4. The summed E-state index contributed by atoms with van der Waals surface area (Å²) in [5.41, 5.74) is 8.93. The topological polar surface area (TPSA) is 38.9 Å². The number of fused-ring (bicyclic) bond motifs is 1. The quantitative estimate of drug-likeness (QED) is 0.735. The molecule has 0 atom stereocenters. The van der Waals surface area contributed by atoms with Crippen LogP contribution in [-0.4, -0.2) is 4.98 Å². The molecule has 2 nitrogen and oxygen atoms in total. The number of hydrogen-bond acceptors (Lipinski definition) is 3. The van der Waals surface area contributed by atoms with E-state index in [1.54, 1.807) is 11.8 Å². The number of pyridine rings is 1. The van der Waals surface area contributed by atoms with Crippen molar-refractivity contribution in [1.82, 2.24) is 4.98 Å². The highest BCUT2D eigenvalue weighted by Crippen LogP contribution is 2.23. The minimum Gasteiger partial charge on any atom is -0.326 e. The van der Waals surface area contributed by atoms with Gasteiger partial charge in [-0.25, -0.2) is 0 Å². The van der Waals surface area contributed by atoms with Crippen molar-refractivity contribution < 1.29 is 0 Å². The molecular weight excluding hydrogens is 264 g/mol. The highest BCUT2D eigenvalue weighted by molar-refractivity contribution is 7.98. The van der Waals surface area contributed by atoms with Crippen LogP contribution < -0.4 is 5.73 Å². The second-order valence-corrected chi connectivity index (χ2v) is 5.68. The third-order valence-electron chi connectivity index (χ3n) is 3.20. The van der Waals surface area contributed by atoms with E-state index in [0.29, 0.717) is 6.54 Å². The van der Waals surface area contributed by atoms with Gasteiger partial charge in [-0.1, -0.05) is 36.4 Å². The van der Waals surface area contributed by atoms with Gasteiger partial charge in [0.1, 0.15) is 0 Å². The Labute approximate surface area is 123 Å². The maximum absolute atomic E-state index is 5.60. The second kappa shape index (κ2) is 6.07. The summed E-state index contributed by atoms with van der Waals surface area (Å²) in [5, 5.41) is 1.19. The molecule has 0 amide bonds. The van der Waals surface area contributed by atoms with Crippen molar-refractivity contribution in [2.45, 2.75) is 17.2 Å². The summed E-state index contributed by atoms with van der Waals surface area (Å²) in [7, 11) is 0. The zero-order valence-electron chi connectivity index (χ0n) is 11.1. The van der Waals surface area contributed by atoms with E-state index < -0.39 is 0 Å². The zero-order chi connectivity index (χ0) is 13.8. The van der Waals surface area contributed by atoms with Crippen LogP contribution in [0.2, 0.25) is 0 Å². The van der Waals surface area contributed by atoms with Gasteiger partial charge in [-0.3, -0.25) is 4.98 Å². The molecule has 1 heterocycles. The standard InChI is InChI=1S/C17H16N2S/c18-11-13-5-9-16(10-6-13)20-12-15-8-7-14-3-1-2-4-17(14)19-15/h1-10H,11-12,18H2. The molecule has 2 aromatic carbocycles. The van der Waals surface area contributed by atoms with Crippen molar-refractivity contribution in [3.8, 4) is 0 Å². The number of nitrogens with two attached hydrogens (primary N) is 1. The molecule has 0 saturated heterocycles. The Hall–Kier alpha value is -1.84. The van der Waals surface area contributed by atoms with Crippen molar-refractivity contribution in [2.75, 3.05) is 0 Å². The molecule has 3 rings (SSSR count). The Bertz CT molecular complexity index is 708. The van der Waals surface area contributed by atoms with Gasteiger partial charge in [-0.05, 0) is 29.8 Å². The van der Waals surface area contributed by atoms with Gasteiger partial charge in [0, 0.05) is 22.6 Å². The van der Waals surface area contributed by atoms with Gasteiger partial charge in [0.05, 0.1) is 11.2 Å². The average molecular weight is 280 g/mol. The molecular formula is C17H16N2S. The smallest absolute Gasteiger partial charge is 0.0705 e. The predicted octanol–water partition coefficient (Wildman–Crippen LogP) is 3.99. The van der Waals surface area contributed by atoms with Crippen LogP contribution in [0.25, 0.3) is 10.9 Å². The molecule has 1 aromatic heterocycles. The van der Waals surface area contributed by atoms with Gasteiger partial charge < -0.3 is 5.73 Å². The molecule has 0 saturated carbocycles. The van der Waals surface area contributed by atoms with E-state index in [4.69, 9.17) is 5.73 Å². The molecule has 100 valence electrons. The number of thioether (sulfide) groups is 1. The van der Waals surface area contributed by atoms with Crippen LogP contribution in [0.3, 0.4) is 0 Å². The van der Waals surface area contributed by atoms with Gasteiger partial charge in [-0.2, -0.15) is 0 Å². The molecule has 2 N–H and O–H groups in total. The summed E-state index contributed by atoms with van der Waals surface area (Å²) >= 11 is 1.80. The molecule has 20 heavy (non-hydrogen) atoms. The molecule has 0 bridgehead atoms. The summed E-state index contributed by atoms with van der Waals surface area (Å²) in [5.74, 6) is 0.882. The van der Waals surface area contributed by atoms with Gasteiger partial charge in [0.25, 0.3) is 0 Å². The Morgan fingerprint density at radius 1 is 0.900 bits per heavy atom. The van der Waals surface area contributed by atoms with Crippen LogP contribution in [0.15, 0.2) is 65.6 Å².